The smallest absolute Gasteiger partial charge is 0.225 e. The van der Waals surface area contributed by atoms with Gasteiger partial charge in [0.05, 0.1) is 10.6 Å². The van der Waals surface area contributed by atoms with Crippen molar-refractivity contribution in [3.63, 3.8) is 0 Å². The molecule has 0 aliphatic heterocycles. The van der Waals surface area contributed by atoms with E-state index in [0.29, 0.717) is 5.69 Å². The number of carbonyl (C=O) groups is 1. The third-order valence-corrected chi connectivity index (χ3v) is 6.37. The summed E-state index contributed by atoms with van der Waals surface area (Å²) in [5.74, 6) is -0.582. The molecule has 1 heterocycles. The number of benzene rings is 3. The monoisotopic (exact) mass is 393 g/mol. The van der Waals surface area contributed by atoms with Crippen molar-refractivity contribution in [1.82, 2.24) is 0 Å². The summed E-state index contributed by atoms with van der Waals surface area (Å²) in [6.07, 6.45) is -0.111. The number of anilines is 1. The van der Waals surface area contributed by atoms with Crippen molar-refractivity contribution in [2.45, 2.75) is 18.2 Å². The molecule has 0 saturated carbocycles. The predicted molar refractivity (Wildman–Crippen MR) is 110 cm³/mol. The summed E-state index contributed by atoms with van der Waals surface area (Å²) in [4.78, 5) is 12.5. The Bertz CT molecular complexity index is 1270. The van der Waals surface area contributed by atoms with E-state index in [4.69, 9.17) is 4.42 Å². The lowest BCUT2D eigenvalue weighted by Crippen LogP contribution is -2.17. The highest BCUT2D eigenvalue weighted by Gasteiger charge is 2.17. The Morgan fingerprint density at radius 3 is 2.43 bits per heavy atom. The van der Waals surface area contributed by atoms with Crippen molar-refractivity contribution >= 4 is 43.4 Å². The van der Waals surface area contributed by atoms with Gasteiger partial charge in [-0.3, -0.25) is 4.79 Å². The van der Waals surface area contributed by atoms with E-state index in [9.17, 15) is 13.2 Å². The van der Waals surface area contributed by atoms with Crippen LogP contribution in [0, 0.1) is 6.92 Å². The minimum atomic E-state index is -3.49. The van der Waals surface area contributed by atoms with Crippen molar-refractivity contribution in [3.8, 4) is 0 Å². The standard InChI is InChI=1S/C22H19NO4S/c1-15-6-9-17(10-7-15)28(25,26)13-12-22(24)23-16-8-11-21-19(14-16)18-4-2-3-5-20(18)27-21/h2-11,14H,12-13H2,1H3,(H,23,24). The minimum absolute atomic E-state index is 0.111. The lowest BCUT2D eigenvalue weighted by atomic mass is 10.1. The first-order chi connectivity index (χ1) is 13.4. The summed E-state index contributed by atoms with van der Waals surface area (Å²) < 4.78 is 30.6. The summed E-state index contributed by atoms with van der Waals surface area (Å²) in [6, 6.07) is 19.7. The SMILES string of the molecule is Cc1ccc(S(=O)(=O)CCC(=O)Nc2ccc3oc4ccccc4c3c2)cc1. The number of rotatable bonds is 5. The second-order valence-electron chi connectivity index (χ2n) is 6.74. The molecular weight excluding hydrogens is 374 g/mol. The molecule has 0 atom stereocenters. The maximum Gasteiger partial charge on any atom is 0.225 e. The van der Waals surface area contributed by atoms with E-state index in [-0.39, 0.29) is 23.0 Å². The zero-order valence-corrected chi connectivity index (χ0v) is 16.1. The van der Waals surface area contributed by atoms with Crippen LogP contribution >= 0.6 is 0 Å². The normalized spacial score (nSPS) is 11.8. The molecule has 6 heteroatoms. The Labute approximate surface area is 162 Å². The number of amides is 1. The lowest BCUT2D eigenvalue weighted by molar-refractivity contribution is -0.115. The molecule has 0 aliphatic carbocycles. The average Bonchev–Trinajstić information content (AvgIpc) is 3.05. The Hall–Kier alpha value is -3.12. The largest absolute Gasteiger partial charge is 0.456 e. The molecule has 0 unspecified atom stereocenters. The van der Waals surface area contributed by atoms with E-state index in [1.54, 1.807) is 36.4 Å². The van der Waals surface area contributed by atoms with Gasteiger partial charge in [-0.15, -0.1) is 0 Å². The molecule has 0 saturated heterocycles. The van der Waals surface area contributed by atoms with Crippen LogP contribution in [-0.4, -0.2) is 20.1 Å². The van der Waals surface area contributed by atoms with Crippen molar-refractivity contribution in [3.05, 3.63) is 72.3 Å². The zero-order chi connectivity index (χ0) is 19.7. The second kappa shape index (κ2) is 7.13. The van der Waals surface area contributed by atoms with Crippen LogP contribution in [0.5, 0.6) is 0 Å². The number of hydrogen-bond donors (Lipinski definition) is 1. The quantitative estimate of drug-likeness (QED) is 0.533. The molecule has 5 nitrogen and oxygen atoms in total. The summed E-state index contributed by atoms with van der Waals surface area (Å²) in [5, 5.41) is 4.65. The van der Waals surface area contributed by atoms with Crippen molar-refractivity contribution < 1.29 is 17.6 Å². The van der Waals surface area contributed by atoms with Gasteiger partial charge < -0.3 is 9.73 Å². The molecule has 0 spiro atoms. The van der Waals surface area contributed by atoms with Crippen molar-refractivity contribution in [1.29, 1.82) is 0 Å². The zero-order valence-electron chi connectivity index (χ0n) is 15.3. The Balaban J connectivity index is 1.47. The van der Waals surface area contributed by atoms with Gasteiger partial charge in [-0.1, -0.05) is 35.9 Å². The highest BCUT2D eigenvalue weighted by molar-refractivity contribution is 7.91. The maximum atomic E-state index is 12.4. The van der Waals surface area contributed by atoms with E-state index in [0.717, 1.165) is 27.5 Å². The van der Waals surface area contributed by atoms with E-state index in [1.807, 2.05) is 37.3 Å². The summed E-state index contributed by atoms with van der Waals surface area (Å²) >= 11 is 0. The Morgan fingerprint density at radius 1 is 0.929 bits per heavy atom. The molecular formula is C22H19NO4S. The number of nitrogens with one attached hydrogen (secondary N) is 1. The number of carbonyl (C=O) groups excluding carboxylic acids is 1. The summed E-state index contributed by atoms with van der Waals surface area (Å²) in [7, 11) is -3.49. The van der Waals surface area contributed by atoms with Gasteiger partial charge in [0.1, 0.15) is 11.2 Å². The first-order valence-corrected chi connectivity index (χ1v) is 10.6. The molecule has 0 aliphatic rings. The van der Waals surface area contributed by atoms with Gasteiger partial charge in [-0.25, -0.2) is 8.42 Å². The van der Waals surface area contributed by atoms with Crippen molar-refractivity contribution in [2.24, 2.45) is 0 Å². The number of sulfone groups is 1. The number of furan rings is 1. The minimum Gasteiger partial charge on any atom is -0.456 e. The molecule has 4 aromatic rings. The van der Waals surface area contributed by atoms with Crippen LogP contribution in [0.25, 0.3) is 21.9 Å². The van der Waals surface area contributed by atoms with Crippen LogP contribution in [0.1, 0.15) is 12.0 Å². The molecule has 0 radical (unpaired) electrons. The van der Waals surface area contributed by atoms with Gasteiger partial charge in [0.2, 0.25) is 5.91 Å². The predicted octanol–water partition coefficient (Wildman–Crippen LogP) is 4.70. The third-order valence-electron chi connectivity index (χ3n) is 4.64. The fourth-order valence-electron chi connectivity index (χ4n) is 3.12. The van der Waals surface area contributed by atoms with Crippen LogP contribution < -0.4 is 5.32 Å². The van der Waals surface area contributed by atoms with Crippen LogP contribution in [0.3, 0.4) is 0 Å². The average molecular weight is 393 g/mol. The van der Waals surface area contributed by atoms with Gasteiger partial charge in [0.15, 0.2) is 9.84 Å². The van der Waals surface area contributed by atoms with Gasteiger partial charge in [-0.05, 0) is 43.3 Å². The van der Waals surface area contributed by atoms with Gasteiger partial charge in [0, 0.05) is 22.9 Å². The first-order valence-electron chi connectivity index (χ1n) is 8.93. The number of para-hydroxylation sites is 1. The Kier molecular flexibility index (Phi) is 4.65. The van der Waals surface area contributed by atoms with Crippen LogP contribution in [0.4, 0.5) is 5.69 Å². The topological polar surface area (TPSA) is 76.4 Å². The number of aryl methyl sites for hydroxylation is 1. The van der Waals surface area contributed by atoms with E-state index in [1.165, 1.54) is 0 Å². The maximum absolute atomic E-state index is 12.4. The first kappa shape index (κ1) is 18.3. The molecule has 1 amide bonds. The highest BCUT2D eigenvalue weighted by atomic mass is 32.2. The molecule has 142 valence electrons. The summed E-state index contributed by atoms with van der Waals surface area (Å²) in [6.45, 7) is 1.89. The fraction of sp³-hybridized carbons (Fsp3) is 0.136. The molecule has 28 heavy (non-hydrogen) atoms. The van der Waals surface area contributed by atoms with Gasteiger partial charge >= 0.3 is 0 Å². The van der Waals surface area contributed by atoms with Gasteiger partial charge in [-0.2, -0.15) is 0 Å². The molecule has 1 N–H and O–H groups in total. The third kappa shape index (κ3) is 3.64. The fourth-order valence-corrected chi connectivity index (χ4v) is 4.36. The number of fused-ring (bicyclic) bond motifs is 3. The lowest BCUT2D eigenvalue weighted by Gasteiger charge is -2.07. The van der Waals surface area contributed by atoms with Gasteiger partial charge in [0.25, 0.3) is 0 Å². The Morgan fingerprint density at radius 2 is 1.64 bits per heavy atom. The van der Waals surface area contributed by atoms with E-state index < -0.39 is 9.84 Å². The second-order valence-corrected chi connectivity index (χ2v) is 8.85. The molecule has 3 aromatic carbocycles. The molecule has 0 bridgehead atoms. The van der Waals surface area contributed by atoms with E-state index >= 15 is 0 Å². The number of hydrogen-bond acceptors (Lipinski definition) is 4. The molecule has 4 rings (SSSR count). The van der Waals surface area contributed by atoms with Crippen LogP contribution in [0.15, 0.2) is 76.0 Å². The van der Waals surface area contributed by atoms with Crippen molar-refractivity contribution in [2.75, 3.05) is 11.1 Å². The summed E-state index contributed by atoms with van der Waals surface area (Å²) in [5.41, 5.74) is 3.11. The van der Waals surface area contributed by atoms with Crippen LogP contribution in [0.2, 0.25) is 0 Å². The highest BCUT2D eigenvalue weighted by Crippen LogP contribution is 2.30. The molecule has 1 aromatic heterocycles. The van der Waals surface area contributed by atoms with Crippen LogP contribution in [-0.2, 0) is 14.6 Å². The molecule has 0 fully saturated rings. The van der Waals surface area contributed by atoms with E-state index in [2.05, 4.69) is 5.32 Å².